The monoisotopic (exact) mass is 612 g/mol. The van der Waals surface area contributed by atoms with Crippen molar-refractivity contribution in [3.63, 3.8) is 0 Å². The van der Waals surface area contributed by atoms with Gasteiger partial charge in [0, 0.05) is 6.54 Å². The van der Waals surface area contributed by atoms with Crippen molar-refractivity contribution in [2.45, 2.75) is 166 Å². The Kier molecular flexibility index (Phi) is 17.2. The summed E-state index contributed by atoms with van der Waals surface area (Å²) in [5.74, 6) is 0. The van der Waals surface area contributed by atoms with Crippen LogP contribution >= 0.6 is 0 Å². The Morgan fingerprint density at radius 1 is 0.628 bits per heavy atom. The molecule has 242 valence electrons. The summed E-state index contributed by atoms with van der Waals surface area (Å²) < 4.78 is 33.8. The molecule has 3 rings (SSSR count). The molecule has 0 saturated carbocycles. The van der Waals surface area contributed by atoms with Crippen molar-refractivity contribution in [1.29, 1.82) is 0 Å². The molecule has 2 aromatic carbocycles. The highest BCUT2D eigenvalue weighted by atomic mass is 32.2. The van der Waals surface area contributed by atoms with E-state index in [4.69, 9.17) is 0 Å². The molecule has 2 N–H and O–H groups in total. The van der Waals surface area contributed by atoms with E-state index in [9.17, 15) is 13.0 Å². The fraction of sp³-hybridized carbons (Fsp3) is 0.676. The van der Waals surface area contributed by atoms with Crippen molar-refractivity contribution in [3.05, 3.63) is 54.1 Å². The average molecular weight is 613 g/mol. The maximum Gasteiger partial charge on any atom is 0.296 e. The van der Waals surface area contributed by atoms with Crippen LogP contribution in [0, 0.1) is 0 Å². The predicted molar refractivity (Wildman–Crippen MR) is 184 cm³/mol. The zero-order valence-corrected chi connectivity index (χ0v) is 27.9. The lowest BCUT2D eigenvalue weighted by Crippen LogP contribution is -2.35. The SMILES string of the molecule is CCCCCCCCCCCCCCCCCCCCCCCC1Nc2c(cccc2S(=O)(=O)O)N1Cc1ccccc1. The summed E-state index contributed by atoms with van der Waals surface area (Å²) in [6.07, 6.45) is 29.8. The number of fused-ring (bicyclic) bond motifs is 1. The minimum atomic E-state index is -4.29. The van der Waals surface area contributed by atoms with E-state index in [-0.39, 0.29) is 11.1 Å². The van der Waals surface area contributed by atoms with E-state index in [0.717, 1.165) is 18.5 Å². The van der Waals surface area contributed by atoms with Crippen LogP contribution in [0.15, 0.2) is 53.4 Å². The number of hydrogen-bond donors (Lipinski definition) is 2. The van der Waals surface area contributed by atoms with Crippen LogP contribution in [0.3, 0.4) is 0 Å². The molecule has 6 heteroatoms. The largest absolute Gasteiger partial charge is 0.362 e. The third-order valence-corrected chi connectivity index (χ3v) is 9.95. The average Bonchev–Trinajstić information content (AvgIpc) is 3.34. The Hall–Kier alpha value is -2.05. The first kappa shape index (κ1) is 35.4. The first-order chi connectivity index (χ1) is 21.0. The van der Waals surface area contributed by atoms with Crippen molar-refractivity contribution in [1.82, 2.24) is 0 Å². The fourth-order valence-electron chi connectivity index (χ4n) is 6.50. The topological polar surface area (TPSA) is 69.6 Å². The van der Waals surface area contributed by atoms with E-state index in [1.165, 1.54) is 140 Å². The van der Waals surface area contributed by atoms with E-state index >= 15 is 0 Å². The summed E-state index contributed by atoms with van der Waals surface area (Å²) in [7, 11) is -4.29. The fourth-order valence-corrected chi connectivity index (χ4v) is 7.18. The van der Waals surface area contributed by atoms with Gasteiger partial charge >= 0.3 is 0 Å². The van der Waals surface area contributed by atoms with E-state index < -0.39 is 10.1 Å². The molecular weight excluding hydrogens is 552 g/mol. The van der Waals surface area contributed by atoms with Crippen LogP contribution < -0.4 is 10.2 Å². The summed E-state index contributed by atoms with van der Waals surface area (Å²) >= 11 is 0. The highest BCUT2D eigenvalue weighted by Crippen LogP contribution is 2.41. The molecule has 1 aliphatic heterocycles. The molecule has 5 nitrogen and oxygen atoms in total. The molecule has 1 unspecified atom stereocenters. The number of hydrogen-bond acceptors (Lipinski definition) is 4. The summed E-state index contributed by atoms with van der Waals surface area (Å²) in [5, 5.41) is 3.43. The van der Waals surface area contributed by atoms with Crippen LogP contribution in [-0.4, -0.2) is 19.1 Å². The number of benzene rings is 2. The van der Waals surface area contributed by atoms with Crippen molar-refractivity contribution in [2.24, 2.45) is 0 Å². The number of unbranched alkanes of at least 4 members (excludes halogenated alkanes) is 20. The number of para-hydroxylation sites is 1. The molecule has 0 amide bonds. The number of nitrogens with zero attached hydrogens (tertiary/aromatic N) is 1. The number of anilines is 2. The van der Waals surface area contributed by atoms with Crippen LogP contribution in [0.25, 0.3) is 0 Å². The summed E-state index contributed by atoms with van der Waals surface area (Å²) in [6, 6.07) is 15.4. The van der Waals surface area contributed by atoms with Gasteiger partial charge in [0.2, 0.25) is 0 Å². The van der Waals surface area contributed by atoms with Crippen molar-refractivity contribution in [2.75, 3.05) is 10.2 Å². The van der Waals surface area contributed by atoms with Gasteiger partial charge in [0.05, 0.1) is 17.5 Å². The Morgan fingerprint density at radius 3 is 1.56 bits per heavy atom. The van der Waals surface area contributed by atoms with Crippen LogP contribution in [0.5, 0.6) is 0 Å². The Balaban J connectivity index is 1.21. The minimum Gasteiger partial charge on any atom is -0.362 e. The Morgan fingerprint density at radius 2 is 1.09 bits per heavy atom. The summed E-state index contributed by atoms with van der Waals surface area (Å²) in [5.41, 5.74) is 2.54. The Labute approximate surface area is 264 Å². The van der Waals surface area contributed by atoms with Gasteiger partial charge in [-0.1, -0.05) is 172 Å². The van der Waals surface area contributed by atoms with Crippen LogP contribution in [0.2, 0.25) is 0 Å². The molecule has 0 aliphatic carbocycles. The van der Waals surface area contributed by atoms with E-state index in [1.54, 1.807) is 6.07 Å². The zero-order chi connectivity index (χ0) is 30.6. The van der Waals surface area contributed by atoms with Gasteiger partial charge in [0.25, 0.3) is 10.1 Å². The second kappa shape index (κ2) is 20.8. The second-order valence-electron chi connectivity index (χ2n) is 12.8. The van der Waals surface area contributed by atoms with Gasteiger partial charge in [-0.05, 0) is 30.5 Å². The molecule has 1 atom stereocenters. The first-order valence-electron chi connectivity index (χ1n) is 17.7. The normalized spacial score (nSPS) is 14.7. The molecule has 43 heavy (non-hydrogen) atoms. The van der Waals surface area contributed by atoms with Crippen molar-refractivity contribution >= 4 is 21.5 Å². The number of nitrogens with one attached hydrogen (secondary N) is 1. The molecule has 2 aromatic rings. The molecule has 0 saturated heterocycles. The standard InChI is InChI=1S/C37H60N2O3S/c1-2-3-4-5-6-7-8-9-10-11-12-13-14-15-16-17-18-19-20-21-25-31-36-38-37-34(29-26-30-35(37)43(40,41)42)39(36)32-33-27-23-22-24-28-33/h22-24,26-30,36,38H,2-21,25,31-32H2,1H3,(H,40,41,42). The molecule has 0 aromatic heterocycles. The summed E-state index contributed by atoms with van der Waals surface area (Å²) in [4.78, 5) is 2.21. The molecular formula is C37H60N2O3S. The lowest BCUT2D eigenvalue weighted by Gasteiger charge is -2.27. The smallest absolute Gasteiger partial charge is 0.296 e. The van der Waals surface area contributed by atoms with Gasteiger partial charge in [-0.2, -0.15) is 8.42 Å². The number of rotatable bonds is 25. The van der Waals surface area contributed by atoms with Crippen LogP contribution in [0.1, 0.15) is 154 Å². The highest BCUT2D eigenvalue weighted by molar-refractivity contribution is 7.86. The lowest BCUT2D eigenvalue weighted by atomic mass is 10.0. The molecule has 0 bridgehead atoms. The van der Waals surface area contributed by atoms with E-state index in [0.29, 0.717) is 12.2 Å². The maximum absolute atomic E-state index is 12.0. The molecule has 0 spiro atoms. The second-order valence-corrected chi connectivity index (χ2v) is 14.1. The van der Waals surface area contributed by atoms with Crippen LogP contribution in [0.4, 0.5) is 11.4 Å². The van der Waals surface area contributed by atoms with E-state index in [2.05, 4.69) is 29.3 Å². The Bertz CT molecular complexity index is 1110. The van der Waals surface area contributed by atoms with Crippen LogP contribution in [-0.2, 0) is 16.7 Å². The zero-order valence-electron chi connectivity index (χ0n) is 27.1. The van der Waals surface area contributed by atoms with Crippen molar-refractivity contribution < 1.29 is 13.0 Å². The van der Waals surface area contributed by atoms with Gasteiger partial charge in [-0.25, -0.2) is 0 Å². The predicted octanol–water partition coefficient (Wildman–Crippen LogP) is 11.3. The molecule has 0 fully saturated rings. The van der Waals surface area contributed by atoms with Gasteiger partial charge in [0.1, 0.15) is 4.90 Å². The third kappa shape index (κ3) is 13.6. The molecule has 1 heterocycles. The van der Waals surface area contributed by atoms with Gasteiger partial charge in [0.15, 0.2) is 0 Å². The first-order valence-corrected chi connectivity index (χ1v) is 19.1. The molecule has 0 radical (unpaired) electrons. The molecule has 1 aliphatic rings. The highest BCUT2D eigenvalue weighted by Gasteiger charge is 2.32. The lowest BCUT2D eigenvalue weighted by molar-refractivity contribution is 0.483. The van der Waals surface area contributed by atoms with Gasteiger partial charge in [-0.3, -0.25) is 4.55 Å². The van der Waals surface area contributed by atoms with Crippen molar-refractivity contribution in [3.8, 4) is 0 Å². The van der Waals surface area contributed by atoms with Gasteiger partial charge < -0.3 is 10.2 Å². The quantitative estimate of drug-likeness (QED) is 0.0862. The van der Waals surface area contributed by atoms with E-state index in [1.807, 2.05) is 24.3 Å². The third-order valence-electron chi connectivity index (χ3n) is 9.06. The minimum absolute atomic E-state index is 0.0124. The van der Waals surface area contributed by atoms with Gasteiger partial charge in [-0.15, -0.1) is 0 Å². The maximum atomic E-state index is 12.0. The summed E-state index contributed by atoms with van der Waals surface area (Å²) in [6.45, 7) is 2.98.